The van der Waals surface area contributed by atoms with Crippen LogP contribution in [0.2, 0.25) is 0 Å². The Morgan fingerprint density at radius 1 is 0.935 bits per heavy atom. The first-order valence-electron chi connectivity index (χ1n) is 9.86. The Morgan fingerprint density at radius 3 is 2.48 bits per heavy atom. The molecule has 0 aliphatic rings. The molecular formula is C21H23N7O2S. The van der Waals surface area contributed by atoms with Crippen molar-refractivity contribution in [3.8, 4) is 28.6 Å². The Labute approximate surface area is 184 Å². The number of nitrogens with zero attached hydrogens (tertiary/aromatic N) is 7. The van der Waals surface area contributed by atoms with E-state index < -0.39 is 0 Å². The van der Waals surface area contributed by atoms with E-state index in [0.717, 1.165) is 46.7 Å². The minimum absolute atomic E-state index is 0.577. The van der Waals surface area contributed by atoms with Gasteiger partial charge in [-0.15, -0.1) is 15.3 Å². The van der Waals surface area contributed by atoms with Gasteiger partial charge in [-0.3, -0.25) is 4.57 Å². The molecule has 0 amide bonds. The Kier molecular flexibility index (Phi) is 6.46. The van der Waals surface area contributed by atoms with Crippen LogP contribution in [0.25, 0.3) is 17.1 Å². The Hall–Kier alpha value is -3.40. The average Bonchev–Trinajstić information content (AvgIpc) is 3.44. The fourth-order valence-corrected chi connectivity index (χ4v) is 4.06. The van der Waals surface area contributed by atoms with Gasteiger partial charge in [0.2, 0.25) is 0 Å². The number of hydrogen-bond donors (Lipinski definition) is 0. The van der Waals surface area contributed by atoms with E-state index in [1.165, 1.54) is 11.8 Å². The highest BCUT2D eigenvalue weighted by molar-refractivity contribution is 7.98. The Morgan fingerprint density at radius 2 is 1.74 bits per heavy atom. The van der Waals surface area contributed by atoms with Gasteiger partial charge in [-0.05, 0) is 53.2 Å². The van der Waals surface area contributed by atoms with E-state index in [-0.39, 0.29) is 0 Å². The molecule has 0 spiro atoms. The highest BCUT2D eigenvalue weighted by Crippen LogP contribution is 2.34. The standard InChI is InChI=1S/C21H23N7O2S/c1-4-13-27-19(22-25-26-27)14-31-21-24-23-20(17-7-5-6-8-18(17)30-3)28(21)15-9-11-16(29-2)12-10-15/h5-12H,4,13-14H2,1-3H3. The molecule has 160 valence electrons. The quantitative estimate of drug-likeness (QED) is 0.367. The average molecular weight is 438 g/mol. The highest BCUT2D eigenvalue weighted by Gasteiger charge is 2.20. The predicted octanol–water partition coefficient (Wildman–Crippen LogP) is 3.64. The molecule has 0 saturated carbocycles. The lowest BCUT2D eigenvalue weighted by molar-refractivity contribution is 0.414. The number of tetrazole rings is 1. The second kappa shape index (κ2) is 9.61. The third-order valence-electron chi connectivity index (χ3n) is 4.68. The van der Waals surface area contributed by atoms with E-state index in [1.54, 1.807) is 14.2 Å². The molecule has 2 aromatic heterocycles. The Balaban J connectivity index is 1.74. The van der Waals surface area contributed by atoms with Crippen LogP contribution in [0.15, 0.2) is 53.7 Å². The van der Waals surface area contributed by atoms with Crippen molar-refractivity contribution >= 4 is 11.8 Å². The van der Waals surface area contributed by atoms with E-state index in [1.807, 2.05) is 57.8 Å². The molecule has 0 saturated heterocycles. The van der Waals surface area contributed by atoms with Gasteiger partial charge >= 0.3 is 0 Å². The molecule has 0 unspecified atom stereocenters. The van der Waals surface area contributed by atoms with Crippen LogP contribution in [0, 0.1) is 0 Å². The van der Waals surface area contributed by atoms with Gasteiger partial charge in [-0.2, -0.15) is 0 Å². The van der Waals surface area contributed by atoms with Crippen LogP contribution in [0.5, 0.6) is 11.5 Å². The third kappa shape index (κ3) is 4.38. The van der Waals surface area contributed by atoms with Gasteiger partial charge in [-0.1, -0.05) is 30.8 Å². The summed E-state index contributed by atoms with van der Waals surface area (Å²) in [6.07, 6.45) is 0.961. The van der Waals surface area contributed by atoms with Crippen molar-refractivity contribution in [3.05, 3.63) is 54.4 Å². The maximum Gasteiger partial charge on any atom is 0.196 e. The van der Waals surface area contributed by atoms with Crippen molar-refractivity contribution in [3.63, 3.8) is 0 Å². The molecule has 0 N–H and O–H groups in total. The molecule has 4 aromatic rings. The number of thioether (sulfide) groups is 1. The SMILES string of the molecule is CCCn1nnnc1CSc1nnc(-c2ccccc2OC)n1-c1ccc(OC)cc1. The van der Waals surface area contributed by atoms with E-state index in [2.05, 4.69) is 32.6 Å². The van der Waals surface area contributed by atoms with Crippen LogP contribution in [0.1, 0.15) is 19.2 Å². The van der Waals surface area contributed by atoms with Crippen LogP contribution < -0.4 is 9.47 Å². The molecule has 0 atom stereocenters. The molecule has 9 nitrogen and oxygen atoms in total. The normalized spacial score (nSPS) is 10.9. The van der Waals surface area contributed by atoms with Gasteiger partial charge in [0.25, 0.3) is 0 Å². The second-order valence-corrected chi connectivity index (χ2v) is 7.59. The van der Waals surface area contributed by atoms with Gasteiger partial charge in [0.05, 0.1) is 31.2 Å². The first-order valence-corrected chi connectivity index (χ1v) is 10.8. The van der Waals surface area contributed by atoms with E-state index in [4.69, 9.17) is 9.47 Å². The van der Waals surface area contributed by atoms with Crippen LogP contribution in [-0.2, 0) is 12.3 Å². The number of hydrogen-bond acceptors (Lipinski definition) is 8. The number of benzene rings is 2. The molecule has 2 aromatic carbocycles. The zero-order valence-corrected chi connectivity index (χ0v) is 18.4. The van der Waals surface area contributed by atoms with Crippen molar-refractivity contribution in [2.24, 2.45) is 0 Å². The number of ether oxygens (including phenoxy) is 2. The molecule has 31 heavy (non-hydrogen) atoms. The minimum Gasteiger partial charge on any atom is -0.497 e. The summed E-state index contributed by atoms with van der Waals surface area (Å²) in [4.78, 5) is 0. The van der Waals surface area contributed by atoms with E-state index in [0.29, 0.717) is 11.6 Å². The number of aromatic nitrogens is 7. The fourth-order valence-electron chi connectivity index (χ4n) is 3.17. The number of rotatable bonds is 9. The molecule has 0 fully saturated rings. The smallest absolute Gasteiger partial charge is 0.196 e. The summed E-state index contributed by atoms with van der Waals surface area (Å²) in [6, 6.07) is 15.6. The van der Waals surface area contributed by atoms with E-state index in [9.17, 15) is 0 Å². The molecule has 2 heterocycles. The van der Waals surface area contributed by atoms with Crippen molar-refractivity contribution in [2.45, 2.75) is 30.8 Å². The summed E-state index contributed by atoms with van der Waals surface area (Å²) in [5.74, 6) is 3.58. The first-order chi connectivity index (χ1) is 15.2. The zero-order valence-electron chi connectivity index (χ0n) is 17.6. The number of aryl methyl sites for hydroxylation is 1. The molecular weight excluding hydrogens is 414 g/mol. The predicted molar refractivity (Wildman–Crippen MR) is 118 cm³/mol. The van der Waals surface area contributed by atoms with Crippen molar-refractivity contribution in [1.82, 2.24) is 35.0 Å². The third-order valence-corrected chi connectivity index (χ3v) is 5.61. The topological polar surface area (TPSA) is 92.8 Å². The summed E-state index contributed by atoms with van der Waals surface area (Å²) < 4.78 is 14.7. The van der Waals surface area contributed by atoms with Gasteiger partial charge in [0.1, 0.15) is 11.5 Å². The minimum atomic E-state index is 0.577. The van der Waals surface area contributed by atoms with Crippen LogP contribution in [0.4, 0.5) is 0 Å². The van der Waals surface area contributed by atoms with Crippen LogP contribution in [-0.4, -0.2) is 49.2 Å². The first kappa shape index (κ1) is 20.9. The summed E-state index contributed by atoms with van der Waals surface area (Å²) >= 11 is 1.53. The lowest BCUT2D eigenvalue weighted by atomic mass is 10.2. The van der Waals surface area contributed by atoms with Crippen LogP contribution in [0.3, 0.4) is 0 Å². The van der Waals surface area contributed by atoms with Gasteiger partial charge in [0.15, 0.2) is 16.8 Å². The van der Waals surface area contributed by atoms with Crippen LogP contribution >= 0.6 is 11.8 Å². The largest absolute Gasteiger partial charge is 0.497 e. The van der Waals surface area contributed by atoms with Crippen molar-refractivity contribution in [2.75, 3.05) is 14.2 Å². The summed E-state index contributed by atoms with van der Waals surface area (Å²) in [6.45, 7) is 2.87. The lowest BCUT2D eigenvalue weighted by Crippen LogP contribution is -2.05. The molecule has 0 bridgehead atoms. The van der Waals surface area contributed by atoms with Crippen molar-refractivity contribution in [1.29, 1.82) is 0 Å². The maximum atomic E-state index is 5.56. The lowest BCUT2D eigenvalue weighted by Gasteiger charge is -2.13. The summed E-state index contributed by atoms with van der Waals surface area (Å²) in [5, 5.41) is 21.7. The molecule has 0 radical (unpaired) electrons. The highest BCUT2D eigenvalue weighted by atomic mass is 32.2. The van der Waals surface area contributed by atoms with Gasteiger partial charge < -0.3 is 9.47 Å². The molecule has 4 rings (SSSR count). The molecule has 0 aliphatic heterocycles. The molecule has 0 aliphatic carbocycles. The molecule has 10 heteroatoms. The Bertz CT molecular complexity index is 1140. The zero-order chi connectivity index (χ0) is 21.6. The second-order valence-electron chi connectivity index (χ2n) is 6.65. The summed E-state index contributed by atoms with van der Waals surface area (Å²) in [5.41, 5.74) is 1.78. The maximum absolute atomic E-state index is 5.56. The van der Waals surface area contributed by atoms with Gasteiger partial charge in [0, 0.05) is 6.54 Å². The number of para-hydroxylation sites is 1. The van der Waals surface area contributed by atoms with Gasteiger partial charge in [-0.25, -0.2) is 4.68 Å². The van der Waals surface area contributed by atoms with E-state index >= 15 is 0 Å². The summed E-state index contributed by atoms with van der Waals surface area (Å²) in [7, 11) is 3.30. The van der Waals surface area contributed by atoms with Crippen molar-refractivity contribution < 1.29 is 9.47 Å². The fraction of sp³-hybridized carbons (Fsp3) is 0.286. The monoisotopic (exact) mass is 437 g/mol. The number of methoxy groups -OCH3 is 2.